The highest BCUT2D eigenvalue weighted by Gasteiger charge is 2.32. The summed E-state index contributed by atoms with van der Waals surface area (Å²) in [4.78, 5) is 13.9. The molecule has 1 saturated heterocycles. The maximum absolute atomic E-state index is 12.6. The molecule has 0 amide bonds. The normalized spacial score (nSPS) is 16.3. The first-order valence-electron chi connectivity index (χ1n) is 8.34. The molecule has 1 aliphatic rings. The summed E-state index contributed by atoms with van der Waals surface area (Å²) in [5.74, 6) is 1.46. The Bertz CT molecular complexity index is 887. The van der Waals surface area contributed by atoms with Crippen LogP contribution < -0.4 is 4.90 Å². The van der Waals surface area contributed by atoms with E-state index in [1.54, 1.807) is 11.3 Å². The SMILES string of the molecule is FC(F)(F)CN1CCN(c2nc(-c3cccs3)nc3ccccc23)CC1. The van der Waals surface area contributed by atoms with Gasteiger partial charge in [0.2, 0.25) is 0 Å². The van der Waals surface area contributed by atoms with Crippen LogP contribution in [-0.4, -0.2) is 53.8 Å². The average molecular weight is 378 g/mol. The summed E-state index contributed by atoms with van der Waals surface area (Å²) in [7, 11) is 0. The third-order valence-electron chi connectivity index (χ3n) is 4.40. The van der Waals surface area contributed by atoms with E-state index in [0.717, 1.165) is 21.6 Å². The van der Waals surface area contributed by atoms with E-state index in [4.69, 9.17) is 4.98 Å². The second-order valence-electron chi connectivity index (χ2n) is 6.24. The van der Waals surface area contributed by atoms with Crippen molar-refractivity contribution in [3.63, 3.8) is 0 Å². The molecule has 0 bridgehead atoms. The summed E-state index contributed by atoms with van der Waals surface area (Å²) in [5.41, 5.74) is 0.846. The van der Waals surface area contributed by atoms with Gasteiger partial charge in [-0.2, -0.15) is 13.2 Å². The van der Waals surface area contributed by atoms with Gasteiger partial charge in [0.25, 0.3) is 0 Å². The first-order valence-corrected chi connectivity index (χ1v) is 9.22. The second kappa shape index (κ2) is 6.85. The van der Waals surface area contributed by atoms with Crippen LogP contribution in [0.3, 0.4) is 0 Å². The Balaban J connectivity index is 1.64. The van der Waals surface area contributed by atoms with Gasteiger partial charge in [-0.3, -0.25) is 4.90 Å². The lowest BCUT2D eigenvalue weighted by Gasteiger charge is -2.36. The lowest BCUT2D eigenvalue weighted by Crippen LogP contribution is -2.49. The summed E-state index contributed by atoms with van der Waals surface area (Å²) in [5, 5.41) is 2.90. The van der Waals surface area contributed by atoms with Crippen LogP contribution in [0.4, 0.5) is 19.0 Å². The van der Waals surface area contributed by atoms with Gasteiger partial charge in [-0.15, -0.1) is 11.3 Å². The van der Waals surface area contributed by atoms with Crippen LogP contribution in [0.5, 0.6) is 0 Å². The number of rotatable bonds is 3. The van der Waals surface area contributed by atoms with Crippen molar-refractivity contribution in [3.05, 3.63) is 41.8 Å². The largest absolute Gasteiger partial charge is 0.401 e. The highest BCUT2D eigenvalue weighted by atomic mass is 32.1. The van der Waals surface area contributed by atoms with Crippen molar-refractivity contribution in [2.45, 2.75) is 6.18 Å². The van der Waals surface area contributed by atoms with Crippen molar-refractivity contribution < 1.29 is 13.2 Å². The molecule has 0 saturated carbocycles. The summed E-state index contributed by atoms with van der Waals surface area (Å²) < 4.78 is 37.8. The van der Waals surface area contributed by atoms with E-state index < -0.39 is 12.7 Å². The molecule has 1 aliphatic heterocycles. The Morgan fingerprint density at radius 1 is 0.962 bits per heavy atom. The molecule has 0 aliphatic carbocycles. The molecule has 8 heteroatoms. The highest BCUT2D eigenvalue weighted by Crippen LogP contribution is 2.30. The first kappa shape index (κ1) is 17.2. The minimum absolute atomic E-state index is 0.367. The van der Waals surface area contributed by atoms with Gasteiger partial charge in [0.15, 0.2) is 5.82 Å². The lowest BCUT2D eigenvalue weighted by atomic mass is 10.2. The van der Waals surface area contributed by atoms with Gasteiger partial charge in [0, 0.05) is 31.6 Å². The van der Waals surface area contributed by atoms with Gasteiger partial charge in [-0.05, 0) is 23.6 Å². The maximum atomic E-state index is 12.6. The second-order valence-corrected chi connectivity index (χ2v) is 7.19. The Morgan fingerprint density at radius 2 is 1.73 bits per heavy atom. The molecule has 2 aromatic heterocycles. The van der Waals surface area contributed by atoms with Crippen LogP contribution in [0.1, 0.15) is 0 Å². The Morgan fingerprint density at radius 3 is 2.42 bits per heavy atom. The number of anilines is 1. The molecular weight excluding hydrogens is 361 g/mol. The molecule has 4 nitrogen and oxygen atoms in total. The average Bonchev–Trinajstić information content (AvgIpc) is 3.15. The predicted octanol–water partition coefficient (Wildman–Crippen LogP) is 4.04. The Labute approximate surface area is 152 Å². The minimum atomic E-state index is -4.16. The molecule has 0 radical (unpaired) electrons. The van der Waals surface area contributed by atoms with Crippen molar-refractivity contribution in [2.24, 2.45) is 0 Å². The molecule has 136 valence electrons. The number of para-hydroxylation sites is 1. The van der Waals surface area contributed by atoms with Crippen molar-refractivity contribution in [1.82, 2.24) is 14.9 Å². The number of hydrogen-bond donors (Lipinski definition) is 0. The first-order chi connectivity index (χ1) is 12.5. The number of benzene rings is 1. The van der Waals surface area contributed by atoms with Crippen molar-refractivity contribution in [2.75, 3.05) is 37.6 Å². The number of fused-ring (bicyclic) bond motifs is 1. The third-order valence-corrected chi connectivity index (χ3v) is 5.27. The zero-order valence-electron chi connectivity index (χ0n) is 13.9. The number of thiophene rings is 1. The maximum Gasteiger partial charge on any atom is 0.401 e. The highest BCUT2D eigenvalue weighted by molar-refractivity contribution is 7.13. The fraction of sp³-hybridized carbons (Fsp3) is 0.333. The van der Waals surface area contributed by atoms with Crippen LogP contribution in [0.25, 0.3) is 21.6 Å². The zero-order valence-corrected chi connectivity index (χ0v) is 14.7. The van der Waals surface area contributed by atoms with Crippen LogP contribution in [0.15, 0.2) is 41.8 Å². The van der Waals surface area contributed by atoms with Gasteiger partial charge < -0.3 is 4.90 Å². The molecule has 1 aromatic carbocycles. The summed E-state index contributed by atoms with van der Waals surface area (Å²) >= 11 is 1.57. The number of alkyl halides is 3. The van der Waals surface area contributed by atoms with E-state index in [2.05, 4.69) is 9.88 Å². The molecule has 3 heterocycles. The number of aromatic nitrogens is 2. The molecule has 0 N–H and O–H groups in total. The molecule has 4 rings (SSSR count). The number of hydrogen-bond acceptors (Lipinski definition) is 5. The van der Waals surface area contributed by atoms with Crippen molar-refractivity contribution >= 4 is 28.1 Å². The quantitative estimate of drug-likeness (QED) is 0.689. The van der Waals surface area contributed by atoms with Crippen LogP contribution in [0.2, 0.25) is 0 Å². The van der Waals surface area contributed by atoms with Crippen LogP contribution in [0, 0.1) is 0 Å². The Hall–Kier alpha value is -2.19. The van der Waals surface area contributed by atoms with Gasteiger partial charge in [-0.25, -0.2) is 9.97 Å². The number of halogens is 3. The fourth-order valence-electron chi connectivity index (χ4n) is 3.19. The predicted molar refractivity (Wildman–Crippen MR) is 97.6 cm³/mol. The van der Waals surface area contributed by atoms with E-state index in [1.807, 2.05) is 41.8 Å². The lowest BCUT2D eigenvalue weighted by molar-refractivity contribution is -0.146. The van der Waals surface area contributed by atoms with Crippen LogP contribution >= 0.6 is 11.3 Å². The summed E-state index contributed by atoms with van der Waals surface area (Å²) in [6, 6.07) is 11.7. The van der Waals surface area contributed by atoms with Crippen molar-refractivity contribution in [3.8, 4) is 10.7 Å². The molecule has 0 atom stereocenters. The molecule has 1 fully saturated rings. The molecular formula is C18H17F3N4S. The van der Waals surface area contributed by atoms with Gasteiger partial charge in [0.1, 0.15) is 5.82 Å². The Kier molecular flexibility index (Phi) is 4.54. The van der Waals surface area contributed by atoms with E-state index in [-0.39, 0.29) is 0 Å². The number of piperazine rings is 1. The van der Waals surface area contributed by atoms with Gasteiger partial charge in [-0.1, -0.05) is 18.2 Å². The van der Waals surface area contributed by atoms with E-state index in [0.29, 0.717) is 32.0 Å². The molecule has 3 aromatic rings. The van der Waals surface area contributed by atoms with Gasteiger partial charge >= 0.3 is 6.18 Å². The zero-order chi connectivity index (χ0) is 18.1. The van der Waals surface area contributed by atoms with E-state index in [1.165, 1.54) is 4.90 Å². The van der Waals surface area contributed by atoms with Crippen molar-refractivity contribution in [1.29, 1.82) is 0 Å². The summed E-state index contributed by atoms with van der Waals surface area (Å²) in [6.07, 6.45) is -4.16. The molecule has 26 heavy (non-hydrogen) atoms. The summed E-state index contributed by atoms with van der Waals surface area (Å²) in [6.45, 7) is 0.909. The fourth-order valence-corrected chi connectivity index (χ4v) is 3.85. The monoisotopic (exact) mass is 378 g/mol. The minimum Gasteiger partial charge on any atom is -0.353 e. The molecule has 0 unspecified atom stereocenters. The number of nitrogens with zero attached hydrogens (tertiary/aromatic N) is 4. The molecule has 0 spiro atoms. The van der Waals surface area contributed by atoms with E-state index >= 15 is 0 Å². The van der Waals surface area contributed by atoms with E-state index in [9.17, 15) is 13.2 Å². The van der Waals surface area contributed by atoms with Crippen LogP contribution in [-0.2, 0) is 0 Å². The standard InChI is InChI=1S/C18H17F3N4S/c19-18(20,21)12-24-7-9-25(10-8-24)17-13-4-1-2-5-14(13)22-16(23-17)15-6-3-11-26-15/h1-6,11H,7-10,12H2. The smallest absolute Gasteiger partial charge is 0.353 e. The third kappa shape index (κ3) is 3.66. The van der Waals surface area contributed by atoms with Gasteiger partial charge in [0.05, 0.1) is 16.9 Å². The topological polar surface area (TPSA) is 32.3 Å².